The minimum atomic E-state index is 0.0212. The van der Waals surface area contributed by atoms with Gasteiger partial charge in [0.15, 0.2) is 11.5 Å². The normalized spacial score (nSPS) is 16.8. The first kappa shape index (κ1) is 25.3. The Balaban J connectivity index is 1.12. The SMILES string of the molecule is CC(C)(C)c1ccc(OCCCCn2c(C3CC(=O)N(c4ccc5c(c4)OCO5)C3)nc3ccccc32)cc1. The number of carbonyl (C=O) groups is 1. The van der Waals surface area contributed by atoms with Gasteiger partial charge in [0.1, 0.15) is 11.6 Å². The standard InChI is InChI=1S/C32H35N3O4/c1-32(2,3)23-10-13-25(14-11-23)37-17-7-6-16-34-27-9-5-4-8-26(27)33-31(34)22-18-30(36)35(20-22)24-12-15-28-29(19-24)39-21-38-28/h4-5,8-15,19,22H,6-7,16-18,20-21H2,1-3H3. The number of imidazole rings is 1. The molecule has 3 aromatic carbocycles. The van der Waals surface area contributed by atoms with Gasteiger partial charge in [-0.15, -0.1) is 0 Å². The average Bonchev–Trinajstić information content (AvgIpc) is 3.64. The summed E-state index contributed by atoms with van der Waals surface area (Å²) in [4.78, 5) is 19.9. The van der Waals surface area contributed by atoms with Gasteiger partial charge >= 0.3 is 0 Å². The summed E-state index contributed by atoms with van der Waals surface area (Å²) in [6.45, 7) is 8.95. The molecule has 0 spiro atoms. The van der Waals surface area contributed by atoms with E-state index in [1.54, 1.807) is 0 Å². The molecule has 7 heteroatoms. The second-order valence-corrected chi connectivity index (χ2v) is 11.4. The Morgan fingerprint density at radius 1 is 0.974 bits per heavy atom. The summed E-state index contributed by atoms with van der Waals surface area (Å²) in [6.07, 6.45) is 2.32. The van der Waals surface area contributed by atoms with Crippen molar-refractivity contribution in [2.75, 3.05) is 24.8 Å². The van der Waals surface area contributed by atoms with E-state index in [0.29, 0.717) is 25.3 Å². The lowest BCUT2D eigenvalue weighted by molar-refractivity contribution is -0.117. The van der Waals surface area contributed by atoms with Crippen molar-refractivity contribution in [2.45, 2.75) is 57.9 Å². The van der Waals surface area contributed by atoms with Crippen LogP contribution in [-0.4, -0.2) is 35.4 Å². The van der Waals surface area contributed by atoms with Gasteiger partial charge in [-0.25, -0.2) is 4.98 Å². The number of hydrogen-bond donors (Lipinski definition) is 0. The van der Waals surface area contributed by atoms with E-state index in [9.17, 15) is 4.79 Å². The topological polar surface area (TPSA) is 65.8 Å². The third kappa shape index (κ3) is 5.18. The molecular formula is C32H35N3O4. The minimum absolute atomic E-state index is 0.0212. The molecule has 1 aromatic heterocycles. The molecule has 2 aliphatic rings. The number of carbonyl (C=O) groups excluding carboxylic acids is 1. The highest BCUT2D eigenvalue weighted by Crippen LogP contribution is 2.39. The van der Waals surface area contributed by atoms with Gasteiger partial charge < -0.3 is 23.7 Å². The quantitative estimate of drug-likeness (QED) is 0.248. The number of para-hydroxylation sites is 2. The van der Waals surface area contributed by atoms with E-state index in [4.69, 9.17) is 19.2 Å². The summed E-state index contributed by atoms with van der Waals surface area (Å²) in [6, 6.07) is 22.3. The van der Waals surface area contributed by atoms with Gasteiger partial charge in [0.2, 0.25) is 12.7 Å². The maximum absolute atomic E-state index is 13.1. The summed E-state index contributed by atoms with van der Waals surface area (Å²) in [5.41, 5.74) is 4.35. The number of unbranched alkanes of at least 4 members (excludes halogenated alkanes) is 1. The Hall–Kier alpha value is -4.00. The Morgan fingerprint density at radius 3 is 2.59 bits per heavy atom. The zero-order valence-electron chi connectivity index (χ0n) is 22.9. The lowest BCUT2D eigenvalue weighted by atomic mass is 9.87. The van der Waals surface area contributed by atoms with Crippen LogP contribution in [0, 0.1) is 0 Å². The number of hydrogen-bond acceptors (Lipinski definition) is 5. The van der Waals surface area contributed by atoms with E-state index in [1.807, 2.05) is 41.3 Å². The first-order valence-corrected chi connectivity index (χ1v) is 13.8. The first-order valence-electron chi connectivity index (χ1n) is 13.8. The Bertz CT molecular complexity index is 1490. The number of anilines is 1. The molecule has 6 rings (SSSR count). The van der Waals surface area contributed by atoms with Gasteiger partial charge in [0.05, 0.1) is 17.6 Å². The van der Waals surface area contributed by atoms with E-state index < -0.39 is 0 Å². The van der Waals surface area contributed by atoms with Crippen LogP contribution in [-0.2, 0) is 16.8 Å². The molecule has 1 atom stereocenters. The summed E-state index contributed by atoms with van der Waals surface area (Å²) >= 11 is 0. The van der Waals surface area contributed by atoms with Crippen molar-refractivity contribution in [1.82, 2.24) is 9.55 Å². The maximum Gasteiger partial charge on any atom is 0.231 e. The third-order valence-electron chi connectivity index (χ3n) is 7.61. The molecule has 0 bridgehead atoms. The van der Waals surface area contributed by atoms with Crippen LogP contribution in [0.4, 0.5) is 5.69 Å². The molecule has 202 valence electrons. The van der Waals surface area contributed by atoms with Crippen LogP contribution in [0.1, 0.15) is 57.3 Å². The van der Waals surface area contributed by atoms with E-state index >= 15 is 0 Å². The van der Waals surface area contributed by atoms with Crippen molar-refractivity contribution < 1.29 is 19.0 Å². The molecule has 39 heavy (non-hydrogen) atoms. The fraction of sp³-hybridized carbons (Fsp3) is 0.375. The summed E-state index contributed by atoms with van der Waals surface area (Å²) in [5, 5.41) is 0. The Labute approximate surface area is 229 Å². The number of aromatic nitrogens is 2. The Kier molecular flexibility index (Phi) is 6.67. The van der Waals surface area contributed by atoms with Gasteiger partial charge in [0.25, 0.3) is 0 Å². The molecule has 1 amide bonds. The molecule has 0 aliphatic carbocycles. The minimum Gasteiger partial charge on any atom is -0.494 e. The molecule has 0 radical (unpaired) electrons. The molecule has 7 nitrogen and oxygen atoms in total. The van der Waals surface area contributed by atoms with Crippen molar-refractivity contribution in [3.63, 3.8) is 0 Å². The van der Waals surface area contributed by atoms with Crippen LogP contribution in [0.3, 0.4) is 0 Å². The van der Waals surface area contributed by atoms with Crippen LogP contribution in [0.5, 0.6) is 17.2 Å². The first-order chi connectivity index (χ1) is 18.9. The zero-order chi connectivity index (χ0) is 27.0. The predicted octanol–water partition coefficient (Wildman–Crippen LogP) is 6.44. The molecule has 4 aromatic rings. The fourth-order valence-electron chi connectivity index (χ4n) is 5.44. The fourth-order valence-corrected chi connectivity index (χ4v) is 5.44. The molecule has 1 fully saturated rings. The number of benzene rings is 3. The van der Waals surface area contributed by atoms with Gasteiger partial charge in [-0.1, -0.05) is 45.0 Å². The highest BCUT2D eigenvalue weighted by atomic mass is 16.7. The number of rotatable bonds is 8. The molecule has 0 N–H and O–H groups in total. The van der Waals surface area contributed by atoms with E-state index in [2.05, 4.69) is 55.7 Å². The van der Waals surface area contributed by atoms with E-state index in [1.165, 1.54) is 5.56 Å². The molecule has 0 saturated carbocycles. The van der Waals surface area contributed by atoms with Crippen LogP contribution in [0.25, 0.3) is 11.0 Å². The van der Waals surface area contributed by atoms with Crippen molar-refractivity contribution >= 4 is 22.6 Å². The van der Waals surface area contributed by atoms with E-state index in [-0.39, 0.29) is 24.0 Å². The zero-order valence-corrected chi connectivity index (χ0v) is 22.9. The van der Waals surface area contributed by atoms with Crippen LogP contribution < -0.4 is 19.1 Å². The molecule has 1 unspecified atom stereocenters. The highest BCUT2D eigenvalue weighted by molar-refractivity contribution is 5.97. The van der Waals surface area contributed by atoms with Crippen molar-refractivity contribution in [2.24, 2.45) is 0 Å². The summed E-state index contributed by atoms with van der Waals surface area (Å²) in [5.74, 6) is 3.41. The maximum atomic E-state index is 13.1. The third-order valence-corrected chi connectivity index (χ3v) is 7.61. The van der Waals surface area contributed by atoms with Crippen LogP contribution in [0.15, 0.2) is 66.7 Å². The van der Waals surface area contributed by atoms with Crippen LogP contribution in [0.2, 0.25) is 0 Å². The monoisotopic (exact) mass is 525 g/mol. The van der Waals surface area contributed by atoms with Gasteiger partial charge in [-0.05, 0) is 60.2 Å². The number of aryl methyl sites for hydroxylation is 1. The van der Waals surface area contributed by atoms with Crippen molar-refractivity contribution in [3.8, 4) is 17.2 Å². The van der Waals surface area contributed by atoms with Gasteiger partial charge in [-0.2, -0.15) is 0 Å². The number of amides is 1. The Morgan fingerprint density at radius 2 is 1.77 bits per heavy atom. The second-order valence-electron chi connectivity index (χ2n) is 11.4. The van der Waals surface area contributed by atoms with Crippen molar-refractivity contribution in [3.05, 3.63) is 78.1 Å². The number of fused-ring (bicyclic) bond motifs is 2. The largest absolute Gasteiger partial charge is 0.494 e. The van der Waals surface area contributed by atoms with Gasteiger partial charge in [-0.3, -0.25) is 4.79 Å². The van der Waals surface area contributed by atoms with E-state index in [0.717, 1.165) is 53.4 Å². The van der Waals surface area contributed by atoms with Crippen molar-refractivity contribution in [1.29, 1.82) is 0 Å². The lowest BCUT2D eigenvalue weighted by Gasteiger charge is -2.19. The second kappa shape index (κ2) is 10.3. The average molecular weight is 526 g/mol. The lowest BCUT2D eigenvalue weighted by Crippen LogP contribution is -2.24. The predicted molar refractivity (Wildman–Crippen MR) is 152 cm³/mol. The molecule has 3 heterocycles. The summed E-state index contributed by atoms with van der Waals surface area (Å²) < 4.78 is 19.3. The molecule has 1 saturated heterocycles. The smallest absolute Gasteiger partial charge is 0.231 e. The van der Waals surface area contributed by atoms with Gasteiger partial charge in [0, 0.05) is 37.2 Å². The highest BCUT2D eigenvalue weighted by Gasteiger charge is 2.35. The molecule has 2 aliphatic heterocycles. The van der Waals surface area contributed by atoms with Crippen LogP contribution >= 0.6 is 0 Å². The molecular weight excluding hydrogens is 490 g/mol. The number of ether oxygens (including phenoxy) is 3. The summed E-state index contributed by atoms with van der Waals surface area (Å²) in [7, 11) is 0. The number of nitrogens with zero attached hydrogens (tertiary/aromatic N) is 3.